The van der Waals surface area contributed by atoms with Gasteiger partial charge in [-0.15, -0.1) is 0 Å². The average molecular weight is 358 g/mol. The summed E-state index contributed by atoms with van der Waals surface area (Å²) in [5.74, 6) is 5.75. The molecular formula is C22H15FN2O2. The van der Waals surface area contributed by atoms with Crippen LogP contribution < -0.4 is 5.32 Å². The molecule has 1 N–H and O–H groups in total. The van der Waals surface area contributed by atoms with E-state index in [4.69, 9.17) is 4.74 Å². The van der Waals surface area contributed by atoms with Gasteiger partial charge in [-0.05, 0) is 42.0 Å². The molecule has 132 valence electrons. The third kappa shape index (κ3) is 3.80. The number of halogens is 1. The molecule has 0 bridgehead atoms. The lowest BCUT2D eigenvalue weighted by molar-refractivity contribution is 0.131. The number of nitrogens with one attached hydrogen (secondary N) is 1. The van der Waals surface area contributed by atoms with Gasteiger partial charge in [-0.2, -0.15) is 0 Å². The summed E-state index contributed by atoms with van der Waals surface area (Å²) in [7, 11) is 0. The van der Waals surface area contributed by atoms with Crippen LogP contribution in [0.15, 0.2) is 72.9 Å². The van der Waals surface area contributed by atoms with Gasteiger partial charge < -0.3 is 10.1 Å². The van der Waals surface area contributed by atoms with Crippen molar-refractivity contribution in [1.29, 1.82) is 0 Å². The summed E-state index contributed by atoms with van der Waals surface area (Å²) >= 11 is 0. The number of hydrogen-bond donors (Lipinski definition) is 1. The van der Waals surface area contributed by atoms with Gasteiger partial charge in [0.05, 0.1) is 5.69 Å². The molecule has 0 radical (unpaired) electrons. The van der Waals surface area contributed by atoms with Gasteiger partial charge in [0.15, 0.2) is 6.10 Å². The second kappa shape index (κ2) is 7.30. The lowest BCUT2D eigenvalue weighted by Crippen LogP contribution is -2.20. The number of carbonyl (C=O) groups is 1. The Morgan fingerprint density at radius 1 is 0.963 bits per heavy atom. The van der Waals surface area contributed by atoms with E-state index in [-0.39, 0.29) is 5.82 Å². The van der Waals surface area contributed by atoms with E-state index >= 15 is 0 Å². The molecule has 1 amide bonds. The number of alkyl carbamates (subject to hydrolysis) is 1. The van der Waals surface area contributed by atoms with Crippen molar-refractivity contribution in [2.45, 2.75) is 12.1 Å². The number of aromatic nitrogens is 1. The Balaban J connectivity index is 1.57. The zero-order valence-corrected chi connectivity index (χ0v) is 14.2. The number of carbonyl (C=O) groups excluding carboxylic acids is 1. The van der Waals surface area contributed by atoms with Crippen LogP contribution in [0.2, 0.25) is 0 Å². The van der Waals surface area contributed by atoms with Gasteiger partial charge in [0.1, 0.15) is 11.9 Å². The molecule has 0 spiro atoms. The number of nitrogens with zero attached hydrogens (tertiary/aromatic N) is 1. The van der Waals surface area contributed by atoms with Crippen molar-refractivity contribution in [2.24, 2.45) is 0 Å². The Morgan fingerprint density at radius 3 is 2.52 bits per heavy atom. The number of pyridine rings is 1. The van der Waals surface area contributed by atoms with Crippen LogP contribution in [-0.2, 0) is 4.74 Å². The van der Waals surface area contributed by atoms with Gasteiger partial charge in [-0.1, -0.05) is 42.2 Å². The van der Waals surface area contributed by atoms with E-state index in [1.807, 2.05) is 36.4 Å². The molecule has 0 aliphatic carbocycles. The first-order chi connectivity index (χ1) is 13.2. The maximum absolute atomic E-state index is 13.5. The van der Waals surface area contributed by atoms with Crippen molar-refractivity contribution in [3.8, 4) is 11.8 Å². The van der Waals surface area contributed by atoms with Crippen LogP contribution in [-0.4, -0.2) is 11.1 Å². The number of rotatable bonds is 2. The predicted molar refractivity (Wildman–Crippen MR) is 98.2 cm³/mol. The van der Waals surface area contributed by atoms with E-state index in [1.165, 1.54) is 12.1 Å². The molecule has 5 heteroatoms. The standard InChI is InChI=1S/C22H15FN2O2/c23-18-8-4-7-17(13-18)21-20(25-22(26)27-21)19-12-11-16(14-24-19)10-9-15-5-2-1-3-6-15/h1-8,11-14,20-21H,(H,25,26). The van der Waals surface area contributed by atoms with Crippen molar-refractivity contribution in [2.75, 3.05) is 0 Å². The lowest BCUT2D eigenvalue weighted by atomic mass is 9.99. The maximum Gasteiger partial charge on any atom is 0.408 e. The van der Waals surface area contributed by atoms with Crippen LogP contribution in [0, 0.1) is 17.7 Å². The van der Waals surface area contributed by atoms with Crippen molar-refractivity contribution in [3.63, 3.8) is 0 Å². The van der Waals surface area contributed by atoms with Gasteiger partial charge in [0.2, 0.25) is 0 Å². The first-order valence-corrected chi connectivity index (χ1v) is 8.45. The molecule has 1 aliphatic heterocycles. The summed E-state index contributed by atoms with van der Waals surface area (Å²) in [5, 5.41) is 2.73. The Labute approximate surface area is 156 Å². The van der Waals surface area contributed by atoms with E-state index in [2.05, 4.69) is 22.1 Å². The maximum atomic E-state index is 13.5. The molecule has 27 heavy (non-hydrogen) atoms. The highest BCUT2D eigenvalue weighted by Gasteiger charge is 2.37. The van der Waals surface area contributed by atoms with Gasteiger partial charge in [-0.3, -0.25) is 4.98 Å². The van der Waals surface area contributed by atoms with Gasteiger partial charge in [-0.25, -0.2) is 9.18 Å². The van der Waals surface area contributed by atoms with Crippen molar-refractivity contribution >= 4 is 6.09 Å². The summed E-state index contributed by atoms with van der Waals surface area (Å²) < 4.78 is 18.9. The molecule has 4 nitrogen and oxygen atoms in total. The summed E-state index contributed by atoms with van der Waals surface area (Å²) in [5.41, 5.74) is 2.88. The normalized spacial score (nSPS) is 18.2. The molecule has 3 aromatic rings. The molecule has 2 aromatic carbocycles. The summed E-state index contributed by atoms with van der Waals surface area (Å²) in [6, 6.07) is 18.8. The van der Waals surface area contributed by atoms with E-state index in [9.17, 15) is 9.18 Å². The molecule has 2 heterocycles. The van der Waals surface area contributed by atoms with Gasteiger partial charge in [0, 0.05) is 17.3 Å². The molecule has 1 fully saturated rings. The molecular weight excluding hydrogens is 343 g/mol. The van der Waals surface area contributed by atoms with E-state index < -0.39 is 18.2 Å². The first-order valence-electron chi connectivity index (χ1n) is 8.45. The van der Waals surface area contributed by atoms with E-state index in [1.54, 1.807) is 24.4 Å². The predicted octanol–water partition coefficient (Wildman–Crippen LogP) is 4.14. The largest absolute Gasteiger partial charge is 0.439 e. The summed E-state index contributed by atoms with van der Waals surface area (Å²) in [6.45, 7) is 0. The van der Waals surface area contributed by atoms with Crippen molar-refractivity contribution < 1.29 is 13.9 Å². The molecule has 1 aromatic heterocycles. The first kappa shape index (κ1) is 16.8. The fraction of sp³-hybridized carbons (Fsp3) is 0.0909. The second-order valence-electron chi connectivity index (χ2n) is 6.09. The second-order valence-corrected chi connectivity index (χ2v) is 6.09. The number of cyclic esters (lactones) is 1. The monoisotopic (exact) mass is 358 g/mol. The SMILES string of the molecule is O=C1NC(c2ccc(C#Cc3ccccc3)cn2)C(c2cccc(F)c2)O1. The molecule has 2 atom stereocenters. The minimum absolute atomic E-state index is 0.381. The van der Waals surface area contributed by atoms with Gasteiger partial charge in [0.25, 0.3) is 0 Å². The number of amides is 1. The third-order valence-corrected chi connectivity index (χ3v) is 4.22. The number of ether oxygens (including phenoxy) is 1. The fourth-order valence-electron chi connectivity index (χ4n) is 2.92. The van der Waals surface area contributed by atoms with Crippen LogP contribution in [0.1, 0.15) is 34.5 Å². The minimum Gasteiger partial charge on any atom is -0.439 e. The van der Waals surface area contributed by atoms with E-state index in [0.717, 1.165) is 11.1 Å². The average Bonchev–Trinajstić information content (AvgIpc) is 3.09. The molecule has 4 rings (SSSR count). The van der Waals surface area contributed by atoms with Crippen LogP contribution in [0.4, 0.5) is 9.18 Å². The van der Waals surface area contributed by atoms with Crippen LogP contribution >= 0.6 is 0 Å². The van der Waals surface area contributed by atoms with Crippen LogP contribution in [0.25, 0.3) is 0 Å². The van der Waals surface area contributed by atoms with Crippen LogP contribution in [0.3, 0.4) is 0 Å². The summed E-state index contributed by atoms with van der Waals surface area (Å²) in [4.78, 5) is 16.2. The highest BCUT2D eigenvalue weighted by molar-refractivity contribution is 5.71. The zero-order chi connectivity index (χ0) is 18.6. The Bertz CT molecular complexity index is 1020. The van der Waals surface area contributed by atoms with Crippen molar-refractivity contribution in [1.82, 2.24) is 10.3 Å². The lowest BCUT2D eigenvalue weighted by Gasteiger charge is -2.16. The third-order valence-electron chi connectivity index (χ3n) is 4.22. The number of hydrogen-bond acceptors (Lipinski definition) is 3. The summed E-state index contributed by atoms with van der Waals surface area (Å²) in [6.07, 6.45) is 0.462. The van der Waals surface area contributed by atoms with Gasteiger partial charge >= 0.3 is 6.09 Å². The highest BCUT2D eigenvalue weighted by Crippen LogP contribution is 2.35. The topological polar surface area (TPSA) is 51.2 Å². The fourth-order valence-corrected chi connectivity index (χ4v) is 2.92. The van der Waals surface area contributed by atoms with Crippen molar-refractivity contribution in [3.05, 3.63) is 101 Å². The molecule has 2 unspecified atom stereocenters. The smallest absolute Gasteiger partial charge is 0.408 e. The van der Waals surface area contributed by atoms with Crippen LogP contribution in [0.5, 0.6) is 0 Å². The molecule has 1 saturated heterocycles. The Morgan fingerprint density at radius 2 is 1.78 bits per heavy atom. The Kier molecular flexibility index (Phi) is 4.54. The minimum atomic E-state index is -0.637. The zero-order valence-electron chi connectivity index (χ0n) is 14.2. The highest BCUT2D eigenvalue weighted by atomic mass is 19.1. The number of benzene rings is 2. The molecule has 1 aliphatic rings. The Hall–Kier alpha value is -3.65. The molecule has 0 saturated carbocycles. The van der Waals surface area contributed by atoms with E-state index in [0.29, 0.717) is 11.3 Å². The quantitative estimate of drug-likeness (QED) is 0.701.